The largest absolute Gasteiger partial charge is 0.363 e. The average Bonchev–Trinajstić information content (AvgIpc) is 3.16. The maximum absolute atomic E-state index is 11.7. The number of imidazole rings is 1. The van der Waals surface area contributed by atoms with Gasteiger partial charge in [0.25, 0.3) is 5.69 Å². The quantitative estimate of drug-likeness (QED) is 0.418. The Hall–Kier alpha value is -3.70. The van der Waals surface area contributed by atoms with Gasteiger partial charge in [-0.3, -0.25) is 10.1 Å². The van der Waals surface area contributed by atoms with E-state index in [2.05, 4.69) is 20.9 Å². The Morgan fingerprint density at radius 3 is 2.69 bits per heavy atom. The molecule has 8 nitrogen and oxygen atoms in total. The van der Waals surface area contributed by atoms with E-state index in [1.54, 1.807) is 18.2 Å². The molecule has 1 aliphatic rings. The minimum absolute atomic E-state index is 0.0465. The third kappa shape index (κ3) is 3.81. The lowest BCUT2D eigenvalue weighted by atomic mass is 10.1. The number of nitro benzene ring substituents is 1. The van der Waals surface area contributed by atoms with Crippen molar-refractivity contribution in [1.29, 1.82) is 5.26 Å². The number of fused-ring (bicyclic) bond motifs is 1. The minimum Gasteiger partial charge on any atom is -0.363 e. The number of nitriles is 1. The van der Waals surface area contributed by atoms with Crippen molar-refractivity contribution in [2.45, 2.75) is 0 Å². The second kappa shape index (κ2) is 7.73. The zero-order chi connectivity index (χ0) is 20.4. The fourth-order valence-electron chi connectivity index (χ4n) is 3.49. The van der Waals surface area contributed by atoms with Crippen LogP contribution in [0, 0.1) is 21.4 Å². The van der Waals surface area contributed by atoms with Gasteiger partial charge in [0.05, 0.1) is 21.5 Å². The molecule has 0 spiro atoms. The topological polar surface area (TPSA) is 102 Å². The molecule has 29 heavy (non-hydrogen) atoms. The second-order valence-electron chi connectivity index (χ2n) is 7.07. The molecule has 8 heteroatoms. The van der Waals surface area contributed by atoms with Crippen molar-refractivity contribution in [2.75, 3.05) is 38.1 Å². The standard InChI is InChI=1S/C21H20N6O2/c1-25-8-10-26(11-9-25)19-7-6-15(13-20(19)27(28)29)12-16(14-22)21-23-17-4-2-3-5-18(17)24-21/h2-7,12-13H,8-11H2,1H3,(H,23,24)/b16-12+. The smallest absolute Gasteiger partial charge is 0.293 e. The number of hydrogen-bond acceptors (Lipinski definition) is 6. The summed E-state index contributed by atoms with van der Waals surface area (Å²) in [7, 11) is 2.04. The van der Waals surface area contributed by atoms with Gasteiger partial charge in [0.2, 0.25) is 0 Å². The predicted molar refractivity (Wildman–Crippen MR) is 112 cm³/mol. The van der Waals surface area contributed by atoms with Crippen molar-refractivity contribution in [3.8, 4) is 6.07 Å². The molecule has 146 valence electrons. The van der Waals surface area contributed by atoms with Crippen molar-refractivity contribution in [3.63, 3.8) is 0 Å². The van der Waals surface area contributed by atoms with Gasteiger partial charge in [0, 0.05) is 32.2 Å². The molecule has 0 amide bonds. The van der Waals surface area contributed by atoms with E-state index < -0.39 is 0 Å². The zero-order valence-corrected chi connectivity index (χ0v) is 16.0. The molecule has 1 saturated heterocycles. The summed E-state index contributed by atoms with van der Waals surface area (Å²) in [4.78, 5) is 23.1. The number of piperazine rings is 1. The van der Waals surface area contributed by atoms with Crippen LogP contribution in [0.3, 0.4) is 0 Å². The van der Waals surface area contributed by atoms with E-state index in [1.807, 2.05) is 36.2 Å². The number of rotatable bonds is 4. The summed E-state index contributed by atoms with van der Waals surface area (Å²) >= 11 is 0. The van der Waals surface area contributed by atoms with Gasteiger partial charge in [-0.1, -0.05) is 18.2 Å². The van der Waals surface area contributed by atoms with E-state index in [1.165, 1.54) is 6.07 Å². The molecule has 1 aliphatic heterocycles. The van der Waals surface area contributed by atoms with E-state index >= 15 is 0 Å². The van der Waals surface area contributed by atoms with Crippen LogP contribution >= 0.6 is 0 Å². The van der Waals surface area contributed by atoms with Gasteiger partial charge in [-0.2, -0.15) is 5.26 Å². The molecular formula is C21H20N6O2. The van der Waals surface area contributed by atoms with Gasteiger partial charge in [-0.15, -0.1) is 0 Å². The van der Waals surface area contributed by atoms with Crippen molar-refractivity contribution in [3.05, 3.63) is 64.0 Å². The number of nitrogens with one attached hydrogen (secondary N) is 1. The molecule has 2 heterocycles. The van der Waals surface area contributed by atoms with Crippen LogP contribution in [0.1, 0.15) is 11.4 Å². The highest BCUT2D eigenvalue weighted by Gasteiger charge is 2.23. The Kier molecular flexibility index (Phi) is 4.97. The lowest BCUT2D eigenvalue weighted by molar-refractivity contribution is -0.384. The Morgan fingerprint density at radius 1 is 1.24 bits per heavy atom. The molecule has 0 bridgehead atoms. The Labute approximate surface area is 167 Å². The van der Waals surface area contributed by atoms with Crippen LogP contribution in [0.25, 0.3) is 22.7 Å². The van der Waals surface area contributed by atoms with Crippen molar-refractivity contribution >= 4 is 34.1 Å². The van der Waals surface area contributed by atoms with Crippen LogP contribution < -0.4 is 4.90 Å². The first-order valence-corrected chi connectivity index (χ1v) is 9.34. The van der Waals surface area contributed by atoms with E-state index in [-0.39, 0.29) is 10.6 Å². The van der Waals surface area contributed by atoms with Crippen molar-refractivity contribution in [2.24, 2.45) is 0 Å². The van der Waals surface area contributed by atoms with Gasteiger partial charge in [-0.05, 0) is 36.9 Å². The van der Waals surface area contributed by atoms with Crippen LogP contribution in [0.2, 0.25) is 0 Å². The van der Waals surface area contributed by atoms with Gasteiger partial charge in [0.15, 0.2) is 0 Å². The summed E-state index contributed by atoms with van der Waals surface area (Å²) in [5.74, 6) is 0.444. The molecule has 0 atom stereocenters. The van der Waals surface area contributed by atoms with Crippen molar-refractivity contribution in [1.82, 2.24) is 14.9 Å². The van der Waals surface area contributed by atoms with Crippen LogP contribution in [-0.4, -0.2) is 53.0 Å². The predicted octanol–water partition coefficient (Wildman–Crippen LogP) is 3.29. The third-order valence-corrected chi connectivity index (χ3v) is 5.12. The summed E-state index contributed by atoms with van der Waals surface area (Å²) in [5, 5.41) is 21.3. The summed E-state index contributed by atoms with van der Waals surface area (Å²) < 4.78 is 0. The molecule has 1 aromatic heterocycles. The number of aromatic amines is 1. The van der Waals surface area contributed by atoms with Crippen LogP contribution in [0.4, 0.5) is 11.4 Å². The molecule has 2 aromatic carbocycles. The van der Waals surface area contributed by atoms with Gasteiger partial charge < -0.3 is 14.8 Å². The third-order valence-electron chi connectivity index (χ3n) is 5.12. The number of hydrogen-bond donors (Lipinski definition) is 1. The first-order valence-electron chi connectivity index (χ1n) is 9.34. The van der Waals surface area contributed by atoms with Crippen LogP contribution in [-0.2, 0) is 0 Å². The first kappa shape index (κ1) is 18.7. The Bertz CT molecular complexity index is 1100. The SMILES string of the molecule is CN1CCN(c2ccc(/C=C(\C#N)c3nc4ccccc4[nH]3)cc2[N+](=O)[O-])CC1. The van der Waals surface area contributed by atoms with Crippen molar-refractivity contribution < 1.29 is 4.92 Å². The van der Waals surface area contributed by atoms with Crippen LogP contribution in [0.15, 0.2) is 42.5 Å². The number of benzene rings is 2. The normalized spacial score (nSPS) is 15.4. The summed E-state index contributed by atoms with van der Waals surface area (Å²) in [6, 6.07) is 14.7. The van der Waals surface area contributed by atoms with Gasteiger partial charge in [-0.25, -0.2) is 4.98 Å². The number of para-hydroxylation sites is 2. The van der Waals surface area contributed by atoms with E-state index in [4.69, 9.17) is 0 Å². The molecule has 3 aromatic rings. The number of anilines is 1. The molecule has 0 aliphatic carbocycles. The van der Waals surface area contributed by atoms with E-state index in [0.29, 0.717) is 22.6 Å². The number of allylic oxidation sites excluding steroid dienone is 1. The maximum atomic E-state index is 11.7. The van der Waals surface area contributed by atoms with Gasteiger partial charge >= 0.3 is 0 Å². The number of aromatic nitrogens is 2. The molecule has 1 fully saturated rings. The molecule has 0 unspecified atom stereocenters. The van der Waals surface area contributed by atoms with E-state index in [0.717, 1.165) is 37.2 Å². The molecular weight excluding hydrogens is 368 g/mol. The molecule has 0 saturated carbocycles. The fourth-order valence-corrected chi connectivity index (χ4v) is 3.49. The number of H-pyrrole nitrogens is 1. The summed E-state index contributed by atoms with van der Waals surface area (Å²) in [6.07, 6.45) is 1.62. The molecule has 1 N–H and O–H groups in total. The summed E-state index contributed by atoms with van der Waals surface area (Å²) in [5.41, 5.74) is 3.17. The Balaban J connectivity index is 1.69. The Morgan fingerprint density at radius 2 is 2.00 bits per heavy atom. The molecule has 0 radical (unpaired) electrons. The fraction of sp³-hybridized carbons (Fsp3) is 0.238. The second-order valence-corrected chi connectivity index (χ2v) is 7.07. The molecule has 4 rings (SSSR count). The summed E-state index contributed by atoms with van der Waals surface area (Å²) in [6.45, 7) is 3.22. The maximum Gasteiger partial charge on any atom is 0.293 e. The lowest BCUT2D eigenvalue weighted by Crippen LogP contribution is -2.44. The average molecular weight is 388 g/mol. The first-order chi connectivity index (χ1) is 14.0. The number of likely N-dealkylation sites (N-methyl/N-ethyl adjacent to an activating group) is 1. The highest BCUT2D eigenvalue weighted by atomic mass is 16.6. The minimum atomic E-state index is -0.363. The van der Waals surface area contributed by atoms with E-state index in [9.17, 15) is 15.4 Å². The highest BCUT2D eigenvalue weighted by molar-refractivity contribution is 5.90. The van der Waals surface area contributed by atoms with Gasteiger partial charge in [0.1, 0.15) is 17.6 Å². The lowest BCUT2D eigenvalue weighted by Gasteiger charge is -2.33. The zero-order valence-electron chi connectivity index (χ0n) is 16.0. The number of nitrogens with zero attached hydrogens (tertiary/aromatic N) is 5. The highest BCUT2D eigenvalue weighted by Crippen LogP contribution is 2.31. The number of nitro groups is 1. The van der Waals surface area contributed by atoms with Crippen LogP contribution in [0.5, 0.6) is 0 Å². The monoisotopic (exact) mass is 388 g/mol.